The monoisotopic (exact) mass is 485 g/mol. The van der Waals surface area contributed by atoms with E-state index >= 15 is 0 Å². The number of amides is 1. The SMILES string of the molecule is Cc1nc(-c2cc(S(=O)(=O)Nc3ccc(C#N)cc3)c(C)n2C)sc1C(=O)N1CCOCC1. The molecule has 172 valence electrons. The Hall–Kier alpha value is -3.20. The van der Waals surface area contributed by atoms with Crippen LogP contribution in [0, 0.1) is 25.2 Å². The fourth-order valence-electron chi connectivity index (χ4n) is 3.59. The van der Waals surface area contributed by atoms with E-state index in [4.69, 9.17) is 10.00 Å². The third-order valence-corrected chi connectivity index (χ3v) is 8.22. The molecule has 1 aliphatic heterocycles. The van der Waals surface area contributed by atoms with E-state index in [9.17, 15) is 13.2 Å². The Morgan fingerprint density at radius 1 is 1.21 bits per heavy atom. The normalized spacial score (nSPS) is 14.2. The lowest BCUT2D eigenvalue weighted by Gasteiger charge is -2.26. The molecule has 2 aromatic heterocycles. The van der Waals surface area contributed by atoms with E-state index in [0.717, 1.165) is 0 Å². The van der Waals surface area contributed by atoms with Crippen molar-refractivity contribution in [3.8, 4) is 16.8 Å². The fourth-order valence-corrected chi connectivity index (χ4v) is 6.02. The molecule has 3 heterocycles. The summed E-state index contributed by atoms with van der Waals surface area (Å²) in [6.45, 7) is 5.61. The third-order valence-electron chi connectivity index (χ3n) is 5.55. The van der Waals surface area contributed by atoms with E-state index in [2.05, 4.69) is 9.71 Å². The number of sulfonamides is 1. The van der Waals surface area contributed by atoms with Crippen LogP contribution in [0.4, 0.5) is 5.69 Å². The van der Waals surface area contributed by atoms with E-state index < -0.39 is 10.0 Å². The number of ether oxygens (including phenoxy) is 1. The highest BCUT2D eigenvalue weighted by molar-refractivity contribution is 7.92. The van der Waals surface area contributed by atoms with Gasteiger partial charge in [0.05, 0.1) is 36.2 Å². The number of hydrogen-bond acceptors (Lipinski definition) is 7. The van der Waals surface area contributed by atoms with Crippen LogP contribution in [0.25, 0.3) is 10.7 Å². The average molecular weight is 486 g/mol. The Labute approximate surface area is 196 Å². The molecule has 1 N–H and O–H groups in total. The van der Waals surface area contributed by atoms with Crippen molar-refractivity contribution in [1.29, 1.82) is 5.26 Å². The van der Waals surface area contributed by atoms with E-state index in [-0.39, 0.29) is 10.8 Å². The Morgan fingerprint density at radius 2 is 1.88 bits per heavy atom. The molecule has 1 aromatic carbocycles. The van der Waals surface area contributed by atoms with E-state index in [0.29, 0.717) is 64.5 Å². The fraction of sp³-hybridized carbons (Fsp3) is 0.318. The predicted octanol–water partition coefficient (Wildman–Crippen LogP) is 2.91. The lowest BCUT2D eigenvalue weighted by Crippen LogP contribution is -2.40. The standard InChI is InChI=1S/C22H23N5O4S2/c1-14-20(22(28)27-8-10-31-11-9-27)32-21(24-14)18-12-19(15(2)26(18)3)33(29,30)25-17-6-4-16(13-23)5-7-17/h4-7,12,25H,8-11H2,1-3H3. The second-order valence-corrected chi connectivity index (χ2v) is 10.3. The molecule has 0 atom stereocenters. The van der Waals surface area contributed by atoms with Crippen LogP contribution >= 0.6 is 11.3 Å². The van der Waals surface area contributed by atoms with Gasteiger partial charge in [-0.1, -0.05) is 0 Å². The summed E-state index contributed by atoms with van der Waals surface area (Å²) in [5, 5.41) is 9.50. The van der Waals surface area contributed by atoms with Gasteiger partial charge >= 0.3 is 0 Å². The molecule has 3 aromatic rings. The highest BCUT2D eigenvalue weighted by atomic mass is 32.2. The lowest BCUT2D eigenvalue weighted by molar-refractivity contribution is 0.0305. The van der Waals surface area contributed by atoms with Gasteiger partial charge in [-0.15, -0.1) is 11.3 Å². The first-order valence-electron chi connectivity index (χ1n) is 10.3. The van der Waals surface area contributed by atoms with Gasteiger partial charge in [0.15, 0.2) is 0 Å². The zero-order chi connectivity index (χ0) is 23.8. The maximum Gasteiger partial charge on any atom is 0.266 e. The number of carbonyl (C=O) groups excluding carboxylic acids is 1. The van der Waals surface area contributed by atoms with Gasteiger partial charge < -0.3 is 14.2 Å². The number of rotatable bonds is 5. The van der Waals surface area contributed by atoms with Gasteiger partial charge in [-0.3, -0.25) is 9.52 Å². The van der Waals surface area contributed by atoms with Crippen molar-refractivity contribution in [3.05, 3.63) is 52.2 Å². The molecule has 4 rings (SSSR count). The van der Waals surface area contributed by atoms with Crippen molar-refractivity contribution < 1.29 is 17.9 Å². The maximum absolute atomic E-state index is 13.1. The van der Waals surface area contributed by atoms with Gasteiger partial charge in [-0.25, -0.2) is 13.4 Å². The number of anilines is 1. The summed E-state index contributed by atoms with van der Waals surface area (Å²) in [6.07, 6.45) is 0. The maximum atomic E-state index is 13.1. The summed E-state index contributed by atoms with van der Waals surface area (Å²) in [5.74, 6) is -0.0826. The van der Waals surface area contributed by atoms with Crippen molar-refractivity contribution in [2.24, 2.45) is 7.05 Å². The number of benzene rings is 1. The van der Waals surface area contributed by atoms with Gasteiger partial charge in [0.25, 0.3) is 15.9 Å². The molecule has 0 aliphatic carbocycles. The van der Waals surface area contributed by atoms with Crippen molar-refractivity contribution in [2.45, 2.75) is 18.7 Å². The van der Waals surface area contributed by atoms with Crippen molar-refractivity contribution in [3.63, 3.8) is 0 Å². The first kappa shape index (κ1) is 23.0. The zero-order valence-electron chi connectivity index (χ0n) is 18.5. The van der Waals surface area contributed by atoms with Crippen molar-refractivity contribution in [1.82, 2.24) is 14.5 Å². The van der Waals surface area contributed by atoms with Crippen molar-refractivity contribution >= 4 is 33.0 Å². The van der Waals surface area contributed by atoms with Crippen LogP contribution in [0.1, 0.15) is 26.6 Å². The van der Waals surface area contributed by atoms with Crippen LogP contribution in [-0.2, 0) is 21.8 Å². The van der Waals surface area contributed by atoms with Crippen LogP contribution in [0.5, 0.6) is 0 Å². The van der Waals surface area contributed by atoms with Crippen molar-refractivity contribution in [2.75, 3.05) is 31.0 Å². The van der Waals surface area contributed by atoms with Crippen LogP contribution < -0.4 is 4.72 Å². The Balaban J connectivity index is 1.64. The van der Waals surface area contributed by atoms with Crippen LogP contribution in [0.2, 0.25) is 0 Å². The molecule has 1 aliphatic rings. The third kappa shape index (κ3) is 4.50. The number of morpholine rings is 1. The van der Waals surface area contributed by atoms with E-state index in [1.165, 1.54) is 11.3 Å². The largest absolute Gasteiger partial charge is 0.378 e. The lowest BCUT2D eigenvalue weighted by atomic mass is 10.2. The predicted molar refractivity (Wildman–Crippen MR) is 125 cm³/mol. The molecule has 9 nitrogen and oxygen atoms in total. The number of thiazole rings is 1. The molecule has 0 saturated carbocycles. The highest BCUT2D eigenvalue weighted by Gasteiger charge is 2.27. The molecule has 1 saturated heterocycles. The van der Waals surface area contributed by atoms with E-state index in [1.807, 2.05) is 6.07 Å². The number of carbonyl (C=O) groups is 1. The van der Waals surface area contributed by atoms with Gasteiger partial charge in [-0.05, 0) is 44.2 Å². The minimum absolute atomic E-state index is 0.0826. The molecule has 0 unspecified atom stereocenters. The summed E-state index contributed by atoms with van der Waals surface area (Å²) in [4.78, 5) is 19.9. The molecule has 11 heteroatoms. The summed E-state index contributed by atoms with van der Waals surface area (Å²) in [6, 6.07) is 9.76. The average Bonchev–Trinajstić information content (AvgIpc) is 3.34. The van der Waals surface area contributed by atoms with Gasteiger partial charge in [0, 0.05) is 31.5 Å². The Morgan fingerprint density at radius 3 is 2.52 bits per heavy atom. The number of nitrogens with one attached hydrogen (secondary N) is 1. The molecular formula is C22H23N5O4S2. The Bertz CT molecular complexity index is 1340. The molecule has 1 amide bonds. The van der Waals surface area contributed by atoms with Gasteiger partial charge in [0.2, 0.25) is 0 Å². The van der Waals surface area contributed by atoms with Gasteiger partial charge in [-0.2, -0.15) is 5.26 Å². The minimum Gasteiger partial charge on any atom is -0.378 e. The zero-order valence-corrected chi connectivity index (χ0v) is 20.1. The Kier molecular flexibility index (Phi) is 6.25. The summed E-state index contributed by atoms with van der Waals surface area (Å²) in [5.41, 5.74) is 2.58. The summed E-state index contributed by atoms with van der Waals surface area (Å²) >= 11 is 1.26. The van der Waals surface area contributed by atoms with Gasteiger partial charge in [0.1, 0.15) is 14.8 Å². The number of nitriles is 1. The van der Waals surface area contributed by atoms with E-state index in [1.54, 1.807) is 60.7 Å². The second-order valence-electron chi connectivity index (χ2n) is 7.67. The minimum atomic E-state index is -3.88. The second kappa shape index (κ2) is 8.97. The molecular weight excluding hydrogens is 462 g/mol. The van der Waals surface area contributed by atoms with Crippen LogP contribution in [0.15, 0.2) is 35.2 Å². The molecule has 0 spiro atoms. The molecule has 0 radical (unpaired) electrons. The molecule has 1 fully saturated rings. The number of hydrogen-bond donors (Lipinski definition) is 1. The molecule has 0 bridgehead atoms. The first-order chi connectivity index (χ1) is 15.7. The molecule has 33 heavy (non-hydrogen) atoms. The number of aromatic nitrogens is 2. The van der Waals surface area contributed by atoms with Crippen LogP contribution in [0.3, 0.4) is 0 Å². The van der Waals surface area contributed by atoms with Crippen LogP contribution in [-0.4, -0.2) is 55.1 Å². The smallest absolute Gasteiger partial charge is 0.266 e. The topological polar surface area (TPSA) is 117 Å². The number of aryl methyl sites for hydroxylation is 1. The summed E-state index contributed by atoms with van der Waals surface area (Å²) < 4.78 is 35.8. The highest BCUT2D eigenvalue weighted by Crippen LogP contribution is 2.33. The summed E-state index contributed by atoms with van der Waals surface area (Å²) in [7, 11) is -2.11. The first-order valence-corrected chi connectivity index (χ1v) is 12.6. The number of nitrogens with zero attached hydrogens (tertiary/aromatic N) is 4. The quantitative estimate of drug-likeness (QED) is 0.594.